The van der Waals surface area contributed by atoms with E-state index in [1.807, 2.05) is 0 Å². The van der Waals surface area contributed by atoms with Crippen LogP contribution in [0.4, 0.5) is 0 Å². The molecule has 0 amide bonds. The quantitative estimate of drug-likeness (QED) is 0.727. The zero-order chi connectivity index (χ0) is 10.7. The molecule has 0 spiro atoms. The smallest absolute Gasteiger partial charge is 0.217 e. The standard InChI is InChI=1S/C10H13ClN2O2/c1-14-9-6-8(11)12-10(13-9)7-2-4-15-5-3-7/h6-7H,2-5H2,1H3. The van der Waals surface area contributed by atoms with Crippen molar-refractivity contribution >= 4 is 11.6 Å². The first-order chi connectivity index (χ1) is 7.29. The molecule has 0 aliphatic carbocycles. The summed E-state index contributed by atoms with van der Waals surface area (Å²) in [5.41, 5.74) is 0. The molecule has 0 aromatic carbocycles. The van der Waals surface area contributed by atoms with E-state index in [1.165, 1.54) is 0 Å². The molecule has 1 aliphatic heterocycles. The Hall–Kier alpha value is -0.870. The third-order valence-corrected chi connectivity index (χ3v) is 2.68. The molecule has 1 aromatic rings. The summed E-state index contributed by atoms with van der Waals surface area (Å²) in [5, 5.41) is 0.434. The normalized spacial score (nSPS) is 17.7. The van der Waals surface area contributed by atoms with Crippen LogP contribution in [0.25, 0.3) is 0 Å². The topological polar surface area (TPSA) is 44.2 Å². The van der Waals surface area contributed by atoms with Gasteiger partial charge in [0.15, 0.2) is 0 Å². The summed E-state index contributed by atoms with van der Waals surface area (Å²) in [6.07, 6.45) is 1.90. The number of halogens is 1. The van der Waals surface area contributed by atoms with Crippen molar-refractivity contribution in [1.82, 2.24) is 9.97 Å². The molecule has 1 aromatic heterocycles. The summed E-state index contributed by atoms with van der Waals surface area (Å²) in [5.74, 6) is 1.63. The fourth-order valence-corrected chi connectivity index (χ4v) is 1.84. The van der Waals surface area contributed by atoms with Crippen LogP contribution in [0.3, 0.4) is 0 Å². The van der Waals surface area contributed by atoms with E-state index in [4.69, 9.17) is 21.1 Å². The summed E-state index contributed by atoms with van der Waals surface area (Å²) in [7, 11) is 1.58. The molecule has 1 saturated heterocycles. The molecular formula is C10H13ClN2O2. The van der Waals surface area contributed by atoms with E-state index in [0.29, 0.717) is 17.0 Å². The number of nitrogens with zero attached hydrogens (tertiary/aromatic N) is 2. The molecule has 4 nitrogen and oxygen atoms in total. The number of hydrogen-bond donors (Lipinski definition) is 0. The Morgan fingerprint density at radius 2 is 2.13 bits per heavy atom. The van der Waals surface area contributed by atoms with Crippen LogP contribution in [0.15, 0.2) is 6.07 Å². The molecule has 82 valence electrons. The lowest BCUT2D eigenvalue weighted by atomic mass is 9.99. The van der Waals surface area contributed by atoms with Crippen LogP contribution in [0, 0.1) is 0 Å². The van der Waals surface area contributed by atoms with Gasteiger partial charge in [-0.15, -0.1) is 0 Å². The van der Waals surface area contributed by atoms with Gasteiger partial charge in [0.25, 0.3) is 0 Å². The van der Waals surface area contributed by atoms with Crippen molar-refractivity contribution in [3.05, 3.63) is 17.0 Å². The fraction of sp³-hybridized carbons (Fsp3) is 0.600. The van der Waals surface area contributed by atoms with Crippen molar-refractivity contribution in [2.45, 2.75) is 18.8 Å². The van der Waals surface area contributed by atoms with E-state index in [2.05, 4.69) is 9.97 Å². The van der Waals surface area contributed by atoms with Crippen LogP contribution in [-0.4, -0.2) is 30.3 Å². The Kier molecular flexibility index (Phi) is 3.38. The molecule has 0 radical (unpaired) electrons. The van der Waals surface area contributed by atoms with Crippen LogP contribution in [0.1, 0.15) is 24.6 Å². The highest BCUT2D eigenvalue weighted by molar-refractivity contribution is 6.29. The van der Waals surface area contributed by atoms with E-state index in [9.17, 15) is 0 Å². The predicted octanol–water partition coefficient (Wildman–Crippen LogP) is 2.03. The van der Waals surface area contributed by atoms with E-state index in [-0.39, 0.29) is 0 Å². The molecule has 0 N–H and O–H groups in total. The predicted molar refractivity (Wildman–Crippen MR) is 56.4 cm³/mol. The molecule has 1 fully saturated rings. The lowest BCUT2D eigenvalue weighted by Gasteiger charge is -2.20. The van der Waals surface area contributed by atoms with Crippen molar-refractivity contribution in [2.24, 2.45) is 0 Å². The minimum absolute atomic E-state index is 0.339. The van der Waals surface area contributed by atoms with E-state index >= 15 is 0 Å². The molecule has 0 unspecified atom stereocenters. The number of aromatic nitrogens is 2. The zero-order valence-electron chi connectivity index (χ0n) is 8.57. The Morgan fingerprint density at radius 1 is 1.40 bits per heavy atom. The molecule has 2 rings (SSSR count). The highest BCUT2D eigenvalue weighted by Gasteiger charge is 2.19. The van der Waals surface area contributed by atoms with Crippen LogP contribution >= 0.6 is 11.6 Å². The Balaban J connectivity index is 2.22. The molecule has 0 bridgehead atoms. The second-order valence-electron chi connectivity index (χ2n) is 3.48. The molecule has 0 saturated carbocycles. The average molecular weight is 229 g/mol. The van der Waals surface area contributed by atoms with Gasteiger partial charge in [0.05, 0.1) is 7.11 Å². The van der Waals surface area contributed by atoms with Crippen LogP contribution < -0.4 is 4.74 Å². The number of methoxy groups -OCH3 is 1. The Labute approximate surface area is 93.6 Å². The molecular weight excluding hydrogens is 216 g/mol. The van der Waals surface area contributed by atoms with Crippen LogP contribution in [0.2, 0.25) is 5.15 Å². The van der Waals surface area contributed by atoms with Gasteiger partial charge in [0.2, 0.25) is 5.88 Å². The third kappa shape index (κ3) is 2.58. The summed E-state index contributed by atoms with van der Waals surface area (Å²) >= 11 is 5.89. The first kappa shape index (κ1) is 10.6. The first-order valence-electron chi connectivity index (χ1n) is 4.96. The summed E-state index contributed by atoms with van der Waals surface area (Å²) < 4.78 is 10.3. The van der Waals surface area contributed by atoms with E-state index in [0.717, 1.165) is 31.9 Å². The van der Waals surface area contributed by atoms with Gasteiger partial charge in [-0.05, 0) is 12.8 Å². The summed E-state index contributed by atoms with van der Waals surface area (Å²) in [6.45, 7) is 1.53. The lowest BCUT2D eigenvalue weighted by Crippen LogP contribution is -2.16. The molecule has 0 atom stereocenters. The number of ether oxygens (including phenoxy) is 2. The minimum atomic E-state index is 0.339. The van der Waals surface area contributed by atoms with Gasteiger partial charge in [0, 0.05) is 25.2 Å². The van der Waals surface area contributed by atoms with Crippen LogP contribution in [0.5, 0.6) is 5.88 Å². The van der Waals surface area contributed by atoms with Gasteiger partial charge >= 0.3 is 0 Å². The Bertz CT molecular complexity index is 340. The van der Waals surface area contributed by atoms with Crippen molar-refractivity contribution in [3.8, 4) is 5.88 Å². The fourth-order valence-electron chi connectivity index (χ4n) is 1.66. The maximum Gasteiger partial charge on any atom is 0.217 e. The highest BCUT2D eigenvalue weighted by Crippen LogP contribution is 2.26. The van der Waals surface area contributed by atoms with Crippen LogP contribution in [-0.2, 0) is 4.74 Å². The van der Waals surface area contributed by atoms with Crippen molar-refractivity contribution in [2.75, 3.05) is 20.3 Å². The maximum atomic E-state index is 5.89. The third-order valence-electron chi connectivity index (χ3n) is 2.48. The van der Waals surface area contributed by atoms with Crippen molar-refractivity contribution in [1.29, 1.82) is 0 Å². The van der Waals surface area contributed by atoms with Crippen molar-refractivity contribution in [3.63, 3.8) is 0 Å². The van der Waals surface area contributed by atoms with Gasteiger partial charge in [-0.1, -0.05) is 11.6 Å². The first-order valence-corrected chi connectivity index (χ1v) is 5.33. The average Bonchev–Trinajstić information content (AvgIpc) is 2.29. The number of rotatable bonds is 2. The monoisotopic (exact) mass is 228 g/mol. The molecule has 2 heterocycles. The van der Waals surface area contributed by atoms with Gasteiger partial charge in [-0.25, -0.2) is 4.98 Å². The van der Waals surface area contributed by atoms with Gasteiger partial charge in [0.1, 0.15) is 11.0 Å². The van der Waals surface area contributed by atoms with E-state index in [1.54, 1.807) is 13.2 Å². The molecule has 1 aliphatic rings. The molecule has 15 heavy (non-hydrogen) atoms. The second kappa shape index (κ2) is 4.77. The van der Waals surface area contributed by atoms with Gasteiger partial charge in [-0.3, -0.25) is 0 Å². The zero-order valence-corrected chi connectivity index (χ0v) is 9.33. The Morgan fingerprint density at radius 3 is 2.80 bits per heavy atom. The van der Waals surface area contributed by atoms with E-state index < -0.39 is 0 Å². The summed E-state index contributed by atoms with van der Waals surface area (Å²) in [4.78, 5) is 8.53. The molecule has 5 heteroatoms. The second-order valence-corrected chi connectivity index (χ2v) is 3.87. The SMILES string of the molecule is COc1cc(Cl)nc(C2CCOCC2)n1. The maximum absolute atomic E-state index is 5.89. The summed E-state index contributed by atoms with van der Waals surface area (Å²) in [6, 6.07) is 1.62. The highest BCUT2D eigenvalue weighted by atomic mass is 35.5. The van der Waals surface area contributed by atoms with Crippen molar-refractivity contribution < 1.29 is 9.47 Å². The largest absolute Gasteiger partial charge is 0.481 e. The van der Waals surface area contributed by atoms with Gasteiger partial charge in [-0.2, -0.15) is 4.98 Å². The number of hydrogen-bond acceptors (Lipinski definition) is 4. The minimum Gasteiger partial charge on any atom is -0.481 e. The van der Waals surface area contributed by atoms with Gasteiger partial charge < -0.3 is 9.47 Å². The lowest BCUT2D eigenvalue weighted by molar-refractivity contribution is 0.0834.